The summed E-state index contributed by atoms with van der Waals surface area (Å²) in [6, 6.07) is 0.355. The summed E-state index contributed by atoms with van der Waals surface area (Å²) in [7, 11) is 0. The van der Waals surface area contributed by atoms with Gasteiger partial charge in [0.1, 0.15) is 0 Å². The Kier molecular flexibility index (Phi) is 4.62. The van der Waals surface area contributed by atoms with Crippen molar-refractivity contribution in [2.24, 2.45) is 11.7 Å². The molecule has 1 aliphatic carbocycles. The maximum Gasteiger partial charge on any atom is 0.0494 e. The zero-order chi connectivity index (χ0) is 8.81. The second-order valence-electron chi connectivity index (χ2n) is 3.99. The van der Waals surface area contributed by atoms with Gasteiger partial charge in [0.25, 0.3) is 0 Å². The molecule has 2 N–H and O–H groups in total. The molecule has 1 rings (SSSR count). The lowest BCUT2D eigenvalue weighted by atomic mass is 10.1. The summed E-state index contributed by atoms with van der Waals surface area (Å²) in [5, 5.41) is 0. The van der Waals surface area contributed by atoms with Crippen molar-refractivity contribution in [3.63, 3.8) is 0 Å². The van der Waals surface area contributed by atoms with Crippen LogP contribution in [0.1, 0.15) is 39.0 Å². The van der Waals surface area contributed by atoms with Gasteiger partial charge >= 0.3 is 0 Å². The normalized spacial score (nSPS) is 19.5. The van der Waals surface area contributed by atoms with Crippen molar-refractivity contribution in [2.75, 3.05) is 13.2 Å². The Morgan fingerprint density at radius 2 is 2.17 bits per heavy atom. The van der Waals surface area contributed by atoms with Gasteiger partial charge < -0.3 is 10.5 Å². The monoisotopic (exact) mass is 171 g/mol. The van der Waals surface area contributed by atoms with Gasteiger partial charge in [0.05, 0.1) is 0 Å². The molecule has 0 aliphatic heterocycles. The molecular weight excluding hydrogens is 150 g/mol. The zero-order valence-electron chi connectivity index (χ0n) is 8.09. The van der Waals surface area contributed by atoms with Crippen LogP contribution < -0.4 is 5.73 Å². The smallest absolute Gasteiger partial charge is 0.0494 e. The van der Waals surface area contributed by atoms with Crippen molar-refractivity contribution in [1.29, 1.82) is 0 Å². The minimum atomic E-state index is 0.355. The summed E-state index contributed by atoms with van der Waals surface area (Å²) < 4.78 is 5.50. The first kappa shape index (κ1) is 10.0. The lowest BCUT2D eigenvalue weighted by Gasteiger charge is -2.05. The van der Waals surface area contributed by atoms with Crippen molar-refractivity contribution in [3.05, 3.63) is 0 Å². The highest BCUT2D eigenvalue weighted by molar-refractivity contribution is 4.71. The molecule has 1 fully saturated rings. The van der Waals surface area contributed by atoms with Crippen LogP contribution >= 0.6 is 0 Å². The quantitative estimate of drug-likeness (QED) is 0.594. The molecule has 0 bridgehead atoms. The van der Waals surface area contributed by atoms with Gasteiger partial charge in [-0.15, -0.1) is 0 Å². The number of rotatable bonds is 7. The van der Waals surface area contributed by atoms with Gasteiger partial charge in [0, 0.05) is 19.3 Å². The standard InChI is InChI=1S/C10H21NO/c1-9(11)4-2-3-7-12-8-10-5-6-10/h9-10H,2-8,11H2,1H3. The van der Waals surface area contributed by atoms with Crippen LogP contribution in [0.5, 0.6) is 0 Å². The van der Waals surface area contributed by atoms with Crippen LogP contribution in [-0.4, -0.2) is 19.3 Å². The highest BCUT2D eigenvalue weighted by atomic mass is 16.5. The van der Waals surface area contributed by atoms with Crippen LogP contribution in [0.25, 0.3) is 0 Å². The van der Waals surface area contributed by atoms with E-state index in [2.05, 4.69) is 6.92 Å². The van der Waals surface area contributed by atoms with Crippen LogP contribution in [0.15, 0.2) is 0 Å². The minimum absolute atomic E-state index is 0.355. The summed E-state index contributed by atoms with van der Waals surface area (Å²) in [5.74, 6) is 0.901. The average molecular weight is 171 g/mol. The van der Waals surface area contributed by atoms with E-state index >= 15 is 0 Å². The predicted molar refractivity (Wildman–Crippen MR) is 51.0 cm³/mol. The van der Waals surface area contributed by atoms with E-state index in [1.54, 1.807) is 0 Å². The fourth-order valence-corrected chi connectivity index (χ4v) is 1.20. The number of unbranched alkanes of at least 4 members (excludes halogenated alkanes) is 1. The van der Waals surface area contributed by atoms with E-state index in [9.17, 15) is 0 Å². The zero-order valence-corrected chi connectivity index (χ0v) is 8.09. The van der Waals surface area contributed by atoms with Crippen molar-refractivity contribution in [1.82, 2.24) is 0 Å². The Hall–Kier alpha value is -0.0800. The molecule has 1 unspecified atom stereocenters. The summed E-state index contributed by atoms with van der Waals surface area (Å²) in [6.07, 6.45) is 6.29. The Morgan fingerprint density at radius 1 is 1.42 bits per heavy atom. The number of hydrogen-bond donors (Lipinski definition) is 1. The van der Waals surface area contributed by atoms with Gasteiger partial charge in [-0.25, -0.2) is 0 Å². The highest BCUT2D eigenvalue weighted by Crippen LogP contribution is 2.28. The fourth-order valence-electron chi connectivity index (χ4n) is 1.20. The molecule has 1 saturated carbocycles. The molecule has 72 valence electrons. The molecule has 1 aliphatic rings. The van der Waals surface area contributed by atoms with E-state index in [4.69, 9.17) is 10.5 Å². The molecule has 0 amide bonds. The second kappa shape index (κ2) is 5.55. The molecule has 12 heavy (non-hydrogen) atoms. The third-order valence-electron chi connectivity index (χ3n) is 2.25. The van der Waals surface area contributed by atoms with Crippen molar-refractivity contribution in [3.8, 4) is 0 Å². The number of hydrogen-bond acceptors (Lipinski definition) is 2. The fraction of sp³-hybridized carbons (Fsp3) is 1.00. The molecule has 0 aromatic heterocycles. The summed E-state index contributed by atoms with van der Waals surface area (Å²) >= 11 is 0. The van der Waals surface area contributed by atoms with Crippen molar-refractivity contribution < 1.29 is 4.74 Å². The predicted octanol–water partition coefficient (Wildman–Crippen LogP) is 1.93. The summed E-state index contributed by atoms with van der Waals surface area (Å²) in [5.41, 5.74) is 5.62. The molecule has 2 nitrogen and oxygen atoms in total. The molecule has 1 atom stereocenters. The summed E-state index contributed by atoms with van der Waals surface area (Å²) in [4.78, 5) is 0. The molecule has 0 spiro atoms. The van der Waals surface area contributed by atoms with Gasteiger partial charge in [0.15, 0.2) is 0 Å². The van der Waals surface area contributed by atoms with Gasteiger partial charge in [-0.3, -0.25) is 0 Å². The van der Waals surface area contributed by atoms with Gasteiger partial charge in [-0.1, -0.05) is 0 Å². The van der Waals surface area contributed by atoms with Crippen LogP contribution in [0.3, 0.4) is 0 Å². The first-order chi connectivity index (χ1) is 5.79. The topological polar surface area (TPSA) is 35.2 Å². The molecule has 0 heterocycles. The third-order valence-corrected chi connectivity index (χ3v) is 2.25. The molecule has 0 radical (unpaired) electrons. The highest BCUT2D eigenvalue weighted by Gasteiger charge is 2.20. The molecular formula is C10H21NO. The first-order valence-electron chi connectivity index (χ1n) is 5.12. The average Bonchev–Trinajstić information content (AvgIpc) is 2.79. The van der Waals surface area contributed by atoms with Gasteiger partial charge in [-0.2, -0.15) is 0 Å². The SMILES string of the molecule is CC(N)CCCCOCC1CC1. The maximum atomic E-state index is 5.62. The number of ether oxygens (including phenoxy) is 1. The van der Waals surface area contributed by atoms with Crippen LogP contribution in [0.2, 0.25) is 0 Å². The first-order valence-corrected chi connectivity index (χ1v) is 5.12. The lowest BCUT2D eigenvalue weighted by molar-refractivity contribution is 0.120. The Balaban J connectivity index is 1.70. The maximum absolute atomic E-state index is 5.62. The van der Waals surface area contributed by atoms with Crippen LogP contribution in [0.4, 0.5) is 0 Å². The second-order valence-corrected chi connectivity index (χ2v) is 3.99. The van der Waals surface area contributed by atoms with E-state index in [1.165, 1.54) is 25.7 Å². The Labute approximate surface area is 75.5 Å². The van der Waals surface area contributed by atoms with E-state index in [0.29, 0.717) is 6.04 Å². The lowest BCUT2D eigenvalue weighted by Crippen LogP contribution is -2.14. The van der Waals surface area contributed by atoms with E-state index < -0.39 is 0 Å². The Morgan fingerprint density at radius 3 is 2.75 bits per heavy atom. The van der Waals surface area contributed by atoms with E-state index in [1.807, 2.05) is 0 Å². The van der Waals surface area contributed by atoms with Crippen LogP contribution in [-0.2, 0) is 4.74 Å². The minimum Gasteiger partial charge on any atom is -0.381 e. The van der Waals surface area contributed by atoms with Gasteiger partial charge in [0.2, 0.25) is 0 Å². The number of nitrogens with two attached hydrogens (primary N) is 1. The van der Waals surface area contributed by atoms with Crippen molar-refractivity contribution >= 4 is 0 Å². The Bertz CT molecular complexity index is 104. The molecule has 0 aromatic carbocycles. The third kappa shape index (κ3) is 5.56. The summed E-state index contributed by atoms with van der Waals surface area (Å²) in [6.45, 7) is 3.99. The largest absolute Gasteiger partial charge is 0.381 e. The molecule has 0 aromatic rings. The molecule has 2 heteroatoms. The van der Waals surface area contributed by atoms with E-state index in [-0.39, 0.29) is 0 Å². The van der Waals surface area contributed by atoms with E-state index in [0.717, 1.165) is 25.6 Å². The van der Waals surface area contributed by atoms with Gasteiger partial charge in [-0.05, 0) is 44.9 Å². The van der Waals surface area contributed by atoms with Crippen LogP contribution in [0, 0.1) is 5.92 Å². The molecule has 0 saturated heterocycles. The van der Waals surface area contributed by atoms with Crippen molar-refractivity contribution in [2.45, 2.75) is 45.1 Å².